The molecular weight excluding hydrogens is 307 g/mol. The molecule has 0 aliphatic rings. The quantitative estimate of drug-likeness (QED) is 0.792. The first-order chi connectivity index (χ1) is 10.9. The molecule has 124 valence electrons. The molecule has 0 aliphatic heterocycles. The summed E-state index contributed by atoms with van der Waals surface area (Å²) in [5.74, 6) is 0.856. The Labute approximate surface area is 138 Å². The fourth-order valence-electron chi connectivity index (χ4n) is 2.68. The van der Waals surface area contributed by atoms with Gasteiger partial charge in [-0.3, -0.25) is 0 Å². The maximum absolute atomic E-state index is 12.6. The van der Waals surface area contributed by atoms with E-state index in [0.29, 0.717) is 6.42 Å². The van der Waals surface area contributed by atoms with E-state index in [1.165, 1.54) is 5.56 Å². The van der Waals surface area contributed by atoms with Gasteiger partial charge in [0.2, 0.25) is 0 Å². The van der Waals surface area contributed by atoms with E-state index < -0.39 is 7.14 Å². The number of aryl methyl sites for hydroxylation is 2. The van der Waals surface area contributed by atoms with Gasteiger partial charge >= 0.3 is 0 Å². The van der Waals surface area contributed by atoms with Crippen molar-refractivity contribution in [3.63, 3.8) is 0 Å². The van der Waals surface area contributed by atoms with Crippen LogP contribution < -0.4 is 10.0 Å². The standard InChI is InChI=1S/C19H25O3P/c1-22-18-10-6-15(7-11-18)4-8-17-9-5-16(12-13-20)14-19(17)23(2,3)21/h5-7,9-11,14,20H,4,8,12-13H2,1-3H3. The predicted octanol–water partition coefficient (Wildman–Crippen LogP) is 3.26. The van der Waals surface area contributed by atoms with Crippen molar-refractivity contribution in [1.82, 2.24) is 0 Å². The lowest BCUT2D eigenvalue weighted by molar-refractivity contribution is 0.299. The number of hydrogen-bond acceptors (Lipinski definition) is 3. The van der Waals surface area contributed by atoms with Crippen LogP contribution >= 0.6 is 7.14 Å². The number of hydrogen-bond donors (Lipinski definition) is 1. The molecule has 0 bridgehead atoms. The Morgan fingerprint density at radius 3 is 2.17 bits per heavy atom. The number of ether oxygens (including phenoxy) is 1. The summed E-state index contributed by atoms with van der Waals surface area (Å²) < 4.78 is 17.8. The first-order valence-corrected chi connectivity index (χ1v) is 10.5. The highest BCUT2D eigenvalue weighted by atomic mass is 31.2. The minimum Gasteiger partial charge on any atom is -0.497 e. The highest BCUT2D eigenvalue weighted by Crippen LogP contribution is 2.36. The van der Waals surface area contributed by atoms with Crippen molar-refractivity contribution in [2.75, 3.05) is 27.0 Å². The van der Waals surface area contributed by atoms with Crippen molar-refractivity contribution in [1.29, 1.82) is 0 Å². The van der Waals surface area contributed by atoms with Crippen LogP contribution in [0.25, 0.3) is 0 Å². The van der Waals surface area contributed by atoms with Crippen molar-refractivity contribution in [2.45, 2.75) is 19.3 Å². The fraction of sp³-hybridized carbons (Fsp3) is 0.368. The van der Waals surface area contributed by atoms with E-state index in [9.17, 15) is 4.57 Å². The molecule has 2 aromatic rings. The molecule has 2 aromatic carbocycles. The minimum absolute atomic E-state index is 0.113. The van der Waals surface area contributed by atoms with E-state index in [0.717, 1.165) is 35.0 Å². The largest absolute Gasteiger partial charge is 0.497 e. The second kappa shape index (κ2) is 7.81. The summed E-state index contributed by atoms with van der Waals surface area (Å²) in [6.07, 6.45) is 2.36. The third kappa shape index (κ3) is 4.95. The first-order valence-electron chi connectivity index (χ1n) is 7.85. The van der Waals surface area contributed by atoms with E-state index in [4.69, 9.17) is 9.84 Å². The molecule has 0 spiro atoms. The number of benzene rings is 2. The van der Waals surface area contributed by atoms with Crippen LogP contribution in [0.4, 0.5) is 0 Å². The Morgan fingerprint density at radius 2 is 1.61 bits per heavy atom. The van der Waals surface area contributed by atoms with Gasteiger partial charge in [-0.15, -0.1) is 0 Å². The molecule has 3 nitrogen and oxygen atoms in total. The minimum atomic E-state index is -2.34. The van der Waals surface area contributed by atoms with Crippen molar-refractivity contribution < 1.29 is 14.4 Å². The van der Waals surface area contributed by atoms with Crippen molar-refractivity contribution in [2.24, 2.45) is 0 Å². The second-order valence-corrected chi connectivity index (χ2v) is 9.32. The van der Waals surface area contributed by atoms with Crippen molar-refractivity contribution >= 4 is 12.4 Å². The van der Waals surface area contributed by atoms with Gasteiger partial charge in [-0.05, 0) is 67.5 Å². The van der Waals surface area contributed by atoms with Gasteiger partial charge in [0, 0.05) is 11.9 Å². The molecule has 4 heteroatoms. The van der Waals surface area contributed by atoms with Gasteiger partial charge in [0.15, 0.2) is 0 Å². The number of aliphatic hydroxyl groups excluding tert-OH is 1. The van der Waals surface area contributed by atoms with Crippen molar-refractivity contribution in [3.8, 4) is 5.75 Å². The Balaban J connectivity index is 2.19. The molecule has 0 saturated carbocycles. The molecule has 0 aliphatic carbocycles. The molecule has 2 rings (SSSR count). The molecule has 0 aromatic heterocycles. The maximum atomic E-state index is 12.6. The summed E-state index contributed by atoms with van der Waals surface area (Å²) in [7, 11) is -0.680. The fourth-order valence-corrected chi connectivity index (χ4v) is 4.03. The monoisotopic (exact) mass is 332 g/mol. The molecule has 0 fully saturated rings. The molecule has 0 saturated heterocycles. The average Bonchev–Trinajstić information content (AvgIpc) is 2.53. The zero-order valence-corrected chi connectivity index (χ0v) is 15.0. The van der Waals surface area contributed by atoms with Crippen LogP contribution in [-0.4, -0.2) is 32.2 Å². The highest BCUT2D eigenvalue weighted by Gasteiger charge is 2.16. The molecule has 0 heterocycles. The molecular formula is C19H25O3P. The van der Waals surface area contributed by atoms with E-state index >= 15 is 0 Å². The summed E-state index contributed by atoms with van der Waals surface area (Å²) >= 11 is 0. The van der Waals surface area contributed by atoms with Crippen LogP contribution in [0, 0.1) is 0 Å². The van der Waals surface area contributed by atoms with E-state index in [1.54, 1.807) is 7.11 Å². The van der Waals surface area contributed by atoms with Crippen LogP contribution in [-0.2, 0) is 23.8 Å². The molecule has 0 radical (unpaired) electrons. The topological polar surface area (TPSA) is 46.5 Å². The Morgan fingerprint density at radius 1 is 0.957 bits per heavy atom. The summed E-state index contributed by atoms with van der Waals surface area (Å²) in [4.78, 5) is 0. The van der Waals surface area contributed by atoms with Crippen LogP contribution in [0.2, 0.25) is 0 Å². The molecule has 1 N–H and O–H groups in total. The van der Waals surface area contributed by atoms with Gasteiger partial charge in [0.25, 0.3) is 0 Å². The highest BCUT2D eigenvalue weighted by molar-refractivity contribution is 7.70. The predicted molar refractivity (Wildman–Crippen MR) is 96.7 cm³/mol. The Kier molecular flexibility index (Phi) is 6.04. The summed E-state index contributed by atoms with van der Waals surface area (Å²) in [5, 5.41) is 10.0. The molecule has 0 unspecified atom stereocenters. The van der Waals surface area contributed by atoms with Gasteiger partial charge in [0.05, 0.1) is 7.11 Å². The van der Waals surface area contributed by atoms with E-state index in [2.05, 4.69) is 18.2 Å². The van der Waals surface area contributed by atoms with Crippen LogP contribution in [0.15, 0.2) is 42.5 Å². The molecule has 0 atom stereocenters. The maximum Gasteiger partial charge on any atom is 0.118 e. The smallest absolute Gasteiger partial charge is 0.118 e. The summed E-state index contributed by atoms with van der Waals surface area (Å²) in [6, 6.07) is 14.1. The third-order valence-electron chi connectivity index (χ3n) is 3.97. The van der Waals surface area contributed by atoms with Crippen molar-refractivity contribution in [3.05, 3.63) is 59.2 Å². The Bertz CT molecular complexity index is 686. The molecule has 0 amide bonds. The average molecular weight is 332 g/mol. The zero-order valence-electron chi connectivity index (χ0n) is 14.1. The summed E-state index contributed by atoms with van der Waals surface area (Å²) in [5.41, 5.74) is 3.41. The van der Waals surface area contributed by atoms with Gasteiger partial charge in [-0.25, -0.2) is 0 Å². The van der Waals surface area contributed by atoms with E-state index in [1.807, 2.05) is 37.6 Å². The van der Waals surface area contributed by atoms with Gasteiger partial charge in [0.1, 0.15) is 12.9 Å². The number of rotatable bonds is 7. The normalized spacial score (nSPS) is 11.5. The lowest BCUT2D eigenvalue weighted by Gasteiger charge is -2.15. The first kappa shape index (κ1) is 17.8. The van der Waals surface area contributed by atoms with E-state index in [-0.39, 0.29) is 6.61 Å². The van der Waals surface area contributed by atoms with Crippen LogP contribution in [0.3, 0.4) is 0 Å². The number of aliphatic hydroxyl groups is 1. The second-order valence-electron chi connectivity index (χ2n) is 6.14. The third-order valence-corrected chi connectivity index (χ3v) is 5.55. The van der Waals surface area contributed by atoms with Gasteiger partial charge in [-0.2, -0.15) is 0 Å². The zero-order chi connectivity index (χ0) is 16.9. The lowest BCUT2D eigenvalue weighted by Crippen LogP contribution is -2.13. The molecule has 23 heavy (non-hydrogen) atoms. The summed E-state index contributed by atoms with van der Waals surface area (Å²) in [6.45, 7) is 3.73. The van der Waals surface area contributed by atoms with Crippen LogP contribution in [0.1, 0.15) is 16.7 Å². The number of methoxy groups -OCH3 is 1. The van der Waals surface area contributed by atoms with Crippen LogP contribution in [0.5, 0.6) is 5.75 Å². The van der Waals surface area contributed by atoms with Gasteiger partial charge in [-0.1, -0.05) is 24.3 Å². The van der Waals surface area contributed by atoms with Gasteiger partial charge < -0.3 is 14.4 Å². The lowest BCUT2D eigenvalue weighted by atomic mass is 10.0. The Hall–Kier alpha value is -1.57. The SMILES string of the molecule is COc1ccc(CCc2ccc(CCO)cc2P(C)(C)=O)cc1.